The molecule has 1 aliphatic heterocycles. The van der Waals surface area contributed by atoms with Gasteiger partial charge in [0.2, 0.25) is 5.91 Å². The monoisotopic (exact) mass is 356 g/mol. The van der Waals surface area contributed by atoms with E-state index in [4.69, 9.17) is 15.2 Å². The Balaban J connectivity index is 0.00000288. The van der Waals surface area contributed by atoms with Crippen LogP contribution < -0.4 is 11.1 Å². The van der Waals surface area contributed by atoms with E-state index in [0.29, 0.717) is 26.1 Å². The van der Waals surface area contributed by atoms with E-state index < -0.39 is 11.3 Å². The van der Waals surface area contributed by atoms with E-state index in [2.05, 4.69) is 5.32 Å². The van der Waals surface area contributed by atoms with Gasteiger partial charge in [-0.3, -0.25) is 9.59 Å². The highest BCUT2D eigenvalue weighted by atomic mass is 35.5. The van der Waals surface area contributed by atoms with Crippen LogP contribution in [0, 0.1) is 5.41 Å². The first-order valence-electron chi connectivity index (χ1n) is 7.82. The second-order valence-corrected chi connectivity index (χ2v) is 5.79. The Hall–Kier alpha value is -1.63. The van der Waals surface area contributed by atoms with Crippen LogP contribution in [0.15, 0.2) is 30.3 Å². The summed E-state index contributed by atoms with van der Waals surface area (Å²) in [6.07, 6.45) is 1.20. The maximum atomic E-state index is 12.6. The van der Waals surface area contributed by atoms with Crippen molar-refractivity contribution in [3.63, 3.8) is 0 Å². The highest BCUT2D eigenvalue weighted by Crippen LogP contribution is 2.29. The zero-order valence-electron chi connectivity index (χ0n) is 13.8. The maximum absolute atomic E-state index is 12.6. The maximum Gasteiger partial charge on any atom is 0.314 e. The lowest BCUT2D eigenvalue weighted by Crippen LogP contribution is -2.50. The van der Waals surface area contributed by atoms with Crippen molar-refractivity contribution in [1.82, 2.24) is 5.32 Å². The number of hydrogen-bond donors (Lipinski definition) is 2. The molecule has 7 heteroatoms. The van der Waals surface area contributed by atoms with Crippen molar-refractivity contribution in [1.29, 1.82) is 0 Å². The molecule has 134 valence electrons. The molecular formula is C17H25ClN2O4. The van der Waals surface area contributed by atoms with Crippen LogP contribution in [0.1, 0.15) is 24.3 Å². The standard InChI is InChI=1S/C17H24N2O4.ClH/c1-22-15(20)14(13-5-3-2-4-6-13)11-19-16(21)17(12-18)7-9-23-10-8-17;/h2-6,14H,7-12,18H2,1H3,(H,19,21);1H. The minimum Gasteiger partial charge on any atom is -0.468 e. The molecule has 2 rings (SSSR count). The minimum absolute atomic E-state index is 0. The molecule has 1 heterocycles. The molecule has 0 aromatic heterocycles. The third kappa shape index (κ3) is 4.69. The number of rotatable bonds is 6. The van der Waals surface area contributed by atoms with E-state index in [0.717, 1.165) is 5.56 Å². The van der Waals surface area contributed by atoms with E-state index in [1.54, 1.807) is 0 Å². The molecule has 0 radical (unpaired) electrons. The lowest BCUT2D eigenvalue weighted by Gasteiger charge is -2.34. The molecule has 3 N–H and O–H groups in total. The fourth-order valence-corrected chi connectivity index (χ4v) is 2.83. The van der Waals surface area contributed by atoms with Gasteiger partial charge in [-0.25, -0.2) is 0 Å². The van der Waals surface area contributed by atoms with Crippen LogP contribution in [0.25, 0.3) is 0 Å². The number of halogens is 1. The molecule has 0 bridgehead atoms. The number of benzene rings is 1. The molecule has 1 atom stereocenters. The molecule has 0 aliphatic carbocycles. The van der Waals surface area contributed by atoms with Crippen LogP contribution in [-0.4, -0.2) is 45.3 Å². The summed E-state index contributed by atoms with van der Waals surface area (Å²) in [4.78, 5) is 24.6. The van der Waals surface area contributed by atoms with Gasteiger partial charge in [-0.2, -0.15) is 0 Å². The number of esters is 1. The van der Waals surface area contributed by atoms with Gasteiger partial charge in [0.25, 0.3) is 0 Å². The largest absolute Gasteiger partial charge is 0.468 e. The number of methoxy groups -OCH3 is 1. The normalized spacial score (nSPS) is 17.2. The van der Waals surface area contributed by atoms with Gasteiger partial charge in [-0.15, -0.1) is 12.4 Å². The van der Waals surface area contributed by atoms with Gasteiger partial charge in [0.15, 0.2) is 0 Å². The summed E-state index contributed by atoms with van der Waals surface area (Å²) in [7, 11) is 1.35. The molecule has 24 heavy (non-hydrogen) atoms. The van der Waals surface area contributed by atoms with Crippen molar-refractivity contribution in [2.75, 3.05) is 33.4 Å². The summed E-state index contributed by atoms with van der Waals surface area (Å²) >= 11 is 0. The lowest BCUT2D eigenvalue weighted by molar-refractivity contribution is -0.142. The van der Waals surface area contributed by atoms with Crippen molar-refractivity contribution >= 4 is 24.3 Å². The molecule has 1 aromatic rings. The van der Waals surface area contributed by atoms with Crippen molar-refractivity contribution in [2.45, 2.75) is 18.8 Å². The van der Waals surface area contributed by atoms with Gasteiger partial charge in [0.1, 0.15) is 0 Å². The van der Waals surface area contributed by atoms with Crippen LogP contribution >= 0.6 is 12.4 Å². The summed E-state index contributed by atoms with van der Waals surface area (Å²) in [5, 5.41) is 2.88. The second kappa shape index (κ2) is 9.61. The Morgan fingerprint density at radius 2 is 1.92 bits per heavy atom. The van der Waals surface area contributed by atoms with Crippen LogP contribution in [0.3, 0.4) is 0 Å². The molecule has 1 aliphatic rings. The quantitative estimate of drug-likeness (QED) is 0.748. The molecule has 1 aromatic carbocycles. The summed E-state index contributed by atoms with van der Waals surface area (Å²) in [6, 6.07) is 9.28. The van der Waals surface area contributed by atoms with Gasteiger partial charge in [-0.1, -0.05) is 30.3 Å². The lowest BCUT2D eigenvalue weighted by atomic mass is 9.79. The summed E-state index contributed by atoms with van der Waals surface area (Å²) in [6.45, 7) is 1.53. The fraction of sp³-hybridized carbons (Fsp3) is 0.529. The van der Waals surface area contributed by atoms with Crippen molar-refractivity contribution < 1.29 is 19.1 Å². The molecular weight excluding hydrogens is 332 g/mol. The molecule has 0 spiro atoms. The van der Waals surface area contributed by atoms with Gasteiger partial charge < -0.3 is 20.5 Å². The molecule has 1 saturated heterocycles. The van der Waals surface area contributed by atoms with E-state index in [9.17, 15) is 9.59 Å². The minimum atomic E-state index is -0.602. The van der Waals surface area contributed by atoms with Crippen molar-refractivity contribution in [3.8, 4) is 0 Å². The van der Waals surface area contributed by atoms with E-state index in [1.807, 2.05) is 30.3 Å². The number of ether oxygens (including phenoxy) is 2. The molecule has 6 nitrogen and oxygen atoms in total. The Bertz CT molecular complexity index is 533. The van der Waals surface area contributed by atoms with Crippen molar-refractivity contribution in [2.24, 2.45) is 11.1 Å². The Morgan fingerprint density at radius 1 is 1.29 bits per heavy atom. The number of amides is 1. The summed E-state index contributed by atoms with van der Waals surface area (Å²) in [5.74, 6) is -1.02. The van der Waals surface area contributed by atoms with Gasteiger partial charge >= 0.3 is 5.97 Å². The fourth-order valence-electron chi connectivity index (χ4n) is 2.83. The van der Waals surface area contributed by atoms with Gasteiger partial charge in [-0.05, 0) is 18.4 Å². The smallest absolute Gasteiger partial charge is 0.314 e. The first kappa shape index (κ1) is 20.4. The number of nitrogens with one attached hydrogen (secondary N) is 1. The van der Waals surface area contributed by atoms with Gasteiger partial charge in [0.05, 0.1) is 18.4 Å². The predicted octanol–water partition coefficient (Wildman–Crippen LogP) is 1.24. The van der Waals surface area contributed by atoms with E-state index >= 15 is 0 Å². The van der Waals surface area contributed by atoms with E-state index in [1.165, 1.54) is 7.11 Å². The van der Waals surface area contributed by atoms with Crippen LogP contribution in [0.2, 0.25) is 0 Å². The Labute approximate surface area is 148 Å². The van der Waals surface area contributed by atoms with Crippen molar-refractivity contribution in [3.05, 3.63) is 35.9 Å². The number of carbonyl (C=O) groups is 2. The Kier molecular flexibility index (Phi) is 8.18. The zero-order valence-corrected chi connectivity index (χ0v) is 14.6. The van der Waals surface area contributed by atoms with Crippen LogP contribution in [0.5, 0.6) is 0 Å². The average Bonchev–Trinajstić information content (AvgIpc) is 2.62. The highest BCUT2D eigenvalue weighted by molar-refractivity contribution is 5.85. The molecule has 1 unspecified atom stereocenters. The van der Waals surface area contributed by atoms with Crippen LogP contribution in [0.4, 0.5) is 0 Å². The topological polar surface area (TPSA) is 90.7 Å². The SMILES string of the molecule is COC(=O)C(CNC(=O)C1(CN)CCOCC1)c1ccccc1.Cl. The Morgan fingerprint density at radius 3 is 2.46 bits per heavy atom. The number of carbonyl (C=O) groups excluding carboxylic acids is 2. The molecule has 1 fully saturated rings. The molecule has 0 saturated carbocycles. The third-order valence-electron chi connectivity index (χ3n) is 4.48. The first-order valence-corrected chi connectivity index (χ1v) is 7.82. The second-order valence-electron chi connectivity index (χ2n) is 5.79. The average molecular weight is 357 g/mol. The van der Waals surface area contributed by atoms with Crippen LogP contribution in [-0.2, 0) is 19.1 Å². The first-order chi connectivity index (χ1) is 11.1. The summed E-state index contributed by atoms with van der Waals surface area (Å²) in [5.41, 5.74) is 6.05. The van der Waals surface area contributed by atoms with E-state index in [-0.39, 0.29) is 37.4 Å². The number of hydrogen-bond acceptors (Lipinski definition) is 5. The summed E-state index contributed by atoms with van der Waals surface area (Å²) < 4.78 is 10.2. The third-order valence-corrected chi connectivity index (χ3v) is 4.48. The highest BCUT2D eigenvalue weighted by Gasteiger charge is 2.39. The van der Waals surface area contributed by atoms with Gasteiger partial charge in [0, 0.05) is 26.3 Å². The number of nitrogens with two attached hydrogens (primary N) is 1. The zero-order chi connectivity index (χ0) is 16.7. The predicted molar refractivity (Wildman–Crippen MR) is 93.0 cm³/mol. The molecule has 1 amide bonds.